The van der Waals surface area contributed by atoms with Crippen LogP contribution in [-0.4, -0.2) is 19.1 Å². The molecule has 0 unspecified atom stereocenters. The largest absolute Gasteiger partial charge is 0.465 e. The summed E-state index contributed by atoms with van der Waals surface area (Å²) in [4.78, 5) is 11.7. The van der Waals surface area contributed by atoms with Crippen LogP contribution in [0.25, 0.3) is 0 Å². The van der Waals surface area contributed by atoms with E-state index in [1.54, 1.807) is 12.1 Å². The quantitative estimate of drug-likeness (QED) is 0.815. The molecule has 3 nitrogen and oxygen atoms in total. The lowest BCUT2D eigenvalue weighted by atomic mass is 9.79. The third-order valence-corrected chi connectivity index (χ3v) is 4.79. The number of carbonyl (C=O) groups is 1. The van der Waals surface area contributed by atoms with Gasteiger partial charge in [0.2, 0.25) is 0 Å². The van der Waals surface area contributed by atoms with Gasteiger partial charge in [0.05, 0.1) is 17.7 Å². The van der Waals surface area contributed by atoms with Gasteiger partial charge in [-0.2, -0.15) is 0 Å². The molecule has 0 spiro atoms. The minimum Gasteiger partial charge on any atom is -0.465 e. The van der Waals surface area contributed by atoms with Crippen LogP contribution >= 0.6 is 11.6 Å². The minimum absolute atomic E-state index is 0.396. The van der Waals surface area contributed by atoms with Crippen LogP contribution in [0.1, 0.15) is 49.9 Å². The van der Waals surface area contributed by atoms with E-state index in [4.69, 9.17) is 16.3 Å². The standard InChI is InChI=1S/C17H24ClNO2/c1-11(2)12-4-6-13(7-5-12)19-14-8-9-16(18)15(10-14)17(20)21-3/h8-13,19H,4-7H2,1-3H3. The Hall–Kier alpha value is -1.22. The van der Waals surface area contributed by atoms with E-state index in [0.717, 1.165) is 17.5 Å². The number of halogens is 1. The molecule has 1 aromatic rings. The number of carbonyl (C=O) groups excluding carboxylic acids is 1. The summed E-state index contributed by atoms with van der Waals surface area (Å²) in [5.74, 6) is 1.22. The molecule has 1 fully saturated rings. The molecule has 1 aliphatic carbocycles. The Morgan fingerprint density at radius 2 is 1.95 bits per heavy atom. The summed E-state index contributed by atoms with van der Waals surface area (Å²) >= 11 is 6.04. The molecule has 0 amide bonds. The van der Waals surface area contributed by atoms with Crippen molar-refractivity contribution in [1.29, 1.82) is 0 Å². The first kappa shape index (κ1) is 16.2. The fourth-order valence-electron chi connectivity index (χ4n) is 3.05. The first-order chi connectivity index (χ1) is 10.0. The Kier molecular flexibility index (Phi) is 5.51. The molecule has 1 N–H and O–H groups in total. The number of benzene rings is 1. The number of methoxy groups -OCH3 is 1. The van der Waals surface area contributed by atoms with E-state index in [1.807, 2.05) is 6.07 Å². The second-order valence-electron chi connectivity index (χ2n) is 6.19. The van der Waals surface area contributed by atoms with Crippen LogP contribution in [0.5, 0.6) is 0 Å². The van der Waals surface area contributed by atoms with Gasteiger partial charge in [0, 0.05) is 11.7 Å². The predicted molar refractivity (Wildman–Crippen MR) is 87.0 cm³/mol. The zero-order chi connectivity index (χ0) is 15.4. The number of hydrogen-bond donors (Lipinski definition) is 1. The van der Waals surface area contributed by atoms with Crippen LogP contribution in [0.3, 0.4) is 0 Å². The summed E-state index contributed by atoms with van der Waals surface area (Å²) in [6.07, 6.45) is 4.90. The Morgan fingerprint density at radius 3 is 2.52 bits per heavy atom. The average molecular weight is 310 g/mol. The summed E-state index contributed by atoms with van der Waals surface area (Å²) in [5.41, 5.74) is 1.35. The van der Waals surface area contributed by atoms with Gasteiger partial charge in [-0.1, -0.05) is 25.4 Å². The molecule has 0 atom stereocenters. The van der Waals surface area contributed by atoms with Gasteiger partial charge in [-0.3, -0.25) is 0 Å². The summed E-state index contributed by atoms with van der Waals surface area (Å²) in [6, 6.07) is 5.92. The SMILES string of the molecule is COC(=O)c1cc(NC2CCC(C(C)C)CC2)ccc1Cl. The normalized spacial score (nSPS) is 22.1. The van der Waals surface area contributed by atoms with E-state index >= 15 is 0 Å². The molecule has 21 heavy (non-hydrogen) atoms. The van der Waals surface area contributed by atoms with Crippen LogP contribution in [0.4, 0.5) is 5.69 Å². The molecule has 2 rings (SSSR count). The maximum absolute atomic E-state index is 11.7. The van der Waals surface area contributed by atoms with Crippen molar-refractivity contribution >= 4 is 23.3 Å². The highest BCUT2D eigenvalue weighted by Gasteiger charge is 2.23. The molecule has 1 saturated carbocycles. The summed E-state index contributed by atoms with van der Waals surface area (Å²) in [6.45, 7) is 4.61. The van der Waals surface area contributed by atoms with Crippen molar-refractivity contribution in [2.45, 2.75) is 45.6 Å². The number of anilines is 1. The van der Waals surface area contributed by atoms with Gasteiger partial charge in [-0.15, -0.1) is 0 Å². The highest BCUT2D eigenvalue weighted by molar-refractivity contribution is 6.33. The Balaban J connectivity index is 1.99. The van der Waals surface area contributed by atoms with Gasteiger partial charge in [0.25, 0.3) is 0 Å². The Bertz CT molecular complexity index is 494. The van der Waals surface area contributed by atoms with Crippen LogP contribution in [-0.2, 0) is 4.74 Å². The van der Waals surface area contributed by atoms with Gasteiger partial charge >= 0.3 is 5.97 Å². The summed E-state index contributed by atoms with van der Waals surface area (Å²) in [7, 11) is 1.37. The molecule has 0 radical (unpaired) electrons. The number of rotatable bonds is 4. The zero-order valence-electron chi connectivity index (χ0n) is 13.0. The van der Waals surface area contributed by atoms with E-state index in [1.165, 1.54) is 32.8 Å². The number of hydrogen-bond acceptors (Lipinski definition) is 3. The molecular formula is C17H24ClNO2. The van der Waals surface area contributed by atoms with Crippen molar-refractivity contribution in [2.75, 3.05) is 12.4 Å². The summed E-state index contributed by atoms with van der Waals surface area (Å²) in [5, 5.41) is 3.95. The highest BCUT2D eigenvalue weighted by Crippen LogP contribution is 2.32. The molecule has 1 aromatic carbocycles. The van der Waals surface area contributed by atoms with Gasteiger partial charge in [-0.25, -0.2) is 4.79 Å². The molecule has 0 saturated heterocycles. The summed E-state index contributed by atoms with van der Waals surface area (Å²) < 4.78 is 4.75. The number of ether oxygens (including phenoxy) is 1. The van der Waals surface area contributed by atoms with E-state index < -0.39 is 5.97 Å². The van der Waals surface area contributed by atoms with E-state index in [0.29, 0.717) is 16.6 Å². The van der Waals surface area contributed by atoms with Gasteiger partial charge in [0.1, 0.15) is 0 Å². The van der Waals surface area contributed by atoms with Crippen molar-refractivity contribution in [3.05, 3.63) is 28.8 Å². The molecule has 116 valence electrons. The molecule has 4 heteroatoms. The van der Waals surface area contributed by atoms with Crippen molar-refractivity contribution in [2.24, 2.45) is 11.8 Å². The lowest BCUT2D eigenvalue weighted by molar-refractivity contribution is 0.0601. The smallest absolute Gasteiger partial charge is 0.339 e. The molecule has 0 aliphatic heterocycles. The Morgan fingerprint density at radius 1 is 1.29 bits per heavy atom. The second kappa shape index (κ2) is 7.17. The van der Waals surface area contributed by atoms with Crippen molar-refractivity contribution in [3.8, 4) is 0 Å². The molecule has 0 bridgehead atoms. The highest BCUT2D eigenvalue weighted by atomic mass is 35.5. The third-order valence-electron chi connectivity index (χ3n) is 4.46. The number of nitrogens with one attached hydrogen (secondary N) is 1. The van der Waals surface area contributed by atoms with E-state index in [-0.39, 0.29) is 0 Å². The van der Waals surface area contributed by atoms with Crippen LogP contribution in [0.2, 0.25) is 5.02 Å². The maximum Gasteiger partial charge on any atom is 0.339 e. The number of esters is 1. The van der Waals surface area contributed by atoms with E-state index in [9.17, 15) is 4.79 Å². The van der Waals surface area contributed by atoms with Gasteiger partial charge in [-0.05, 0) is 55.7 Å². The second-order valence-corrected chi connectivity index (χ2v) is 6.59. The Labute approximate surface area is 132 Å². The molecule has 0 heterocycles. The molecule has 0 aromatic heterocycles. The monoisotopic (exact) mass is 309 g/mol. The zero-order valence-corrected chi connectivity index (χ0v) is 13.7. The topological polar surface area (TPSA) is 38.3 Å². The van der Waals surface area contributed by atoms with Crippen molar-refractivity contribution in [1.82, 2.24) is 0 Å². The fourth-order valence-corrected chi connectivity index (χ4v) is 3.24. The van der Waals surface area contributed by atoms with Crippen molar-refractivity contribution < 1.29 is 9.53 Å². The average Bonchev–Trinajstić information content (AvgIpc) is 2.49. The fraction of sp³-hybridized carbons (Fsp3) is 0.588. The van der Waals surface area contributed by atoms with Crippen molar-refractivity contribution in [3.63, 3.8) is 0 Å². The molecular weight excluding hydrogens is 286 g/mol. The lowest BCUT2D eigenvalue weighted by Gasteiger charge is -2.32. The van der Waals surface area contributed by atoms with E-state index in [2.05, 4.69) is 19.2 Å². The van der Waals surface area contributed by atoms with Crippen LogP contribution < -0.4 is 5.32 Å². The van der Waals surface area contributed by atoms with Crippen LogP contribution in [0.15, 0.2) is 18.2 Å². The van der Waals surface area contributed by atoms with Gasteiger partial charge < -0.3 is 10.1 Å². The maximum atomic E-state index is 11.7. The van der Waals surface area contributed by atoms with Crippen LogP contribution in [0, 0.1) is 11.8 Å². The predicted octanol–water partition coefficient (Wildman–Crippen LogP) is 4.75. The first-order valence-electron chi connectivity index (χ1n) is 7.65. The first-order valence-corrected chi connectivity index (χ1v) is 8.03. The molecule has 1 aliphatic rings. The lowest BCUT2D eigenvalue weighted by Crippen LogP contribution is -2.28. The minimum atomic E-state index is -0.396. The third kappa shape index (κ3) is 4.13. The van der Waals surface area contributed by atoms with Gasteiger partial charge in [0.15, 0.2) is 0 Å².